The number of aromatic nitrogens is 1. The van der Waals surface area contributed by atoms with Gasteiger partial charge in [0, 0.05) is 10.6 Å². The van der Waals surface area contributed by atoms with Gasteiger partial charge in [-0.2, -0.15) is 0 Å². The first-order valence-electron chi connectivity index (χ1n) is 10.7. The second kappa shape index (κ2) is 7.94. The van der Waals surface area contributed by atoms with E-state index in [1.54, 1.807) is 28.8 Å². The van der Waals surface area contributed by atoms with Gasteiger partial charge in [-0.25, -0.2) is 9.38 Å². The second-order valence-corrected chi connectivity index (χ2v) is 9.66. The van der Waals surface area contributed by atoms with E-state index in [1.165, 1.54) is 29.0 Å². The van der Waals surface area contributed by atoms with Gasteiger partial charge in [0.1, 0.15) is 5.82 Å². The summed E-state index contributed by atoms with van der Waals surface area (Å²) in [5.74, 6) is -0.294. The van der Waals surface area contributed by atoms with E-state index in [9.17, 15) is 9.18 Å². The average molecular weight is 473 g/mol. The standard InChI is InChI=1S/C27H18ClFN2OS/c28-19-10-5-16(6-11-19)15-23-26(32)31-25(18-7-12-20(29)13-8-18)22-14-9-17-3-1-2-4-21(17)24(22)30-27(31)33-23/h1-8,10-13,15,25H,9,14H2. The number of hydrogen-bond acceptors (Lipinski definition) is 3. The van der Waals surface area contributed by atoms with E-state index in [4.69, 9.17) is 16.6 Å². The minimum Gasteiger partial charge on any atom is -0.272 e. The van der Waals surface area contributed by atoms with E-state index in [1.807, 2.05) is 30.3 Å². The van der Waals surface area contributed by atoms with Gasteiger partial charge >= 0.3 is 0 Å². The molecule has 0 amide bonds. The number of hydrogen-bond donors (Lipinski definition) is 0. The third-order valence-corrected chi connectivity index (χ3v) is 7.46. The summed E-state index contributed by atoms with van der Waals surface area (Å²) in [6, 6.07) is 21.8. The Kier molecular flexibility index (Phi) is 4.89. The van der Waals surface area contributed by atoms with Crippen molar-refractivity contribution in [3.63, 3.8) is 0 Å². The molecule has 33 heavy (non-hydrogen) atoms. The highest BCUT2D eigenvalue weighted by Crippen LogP contribution is 2.41. The Bertz CT molecular complexity index is 1600. The Morgan fingerprint density at radius 2 is 1.76 bits per heavy atom. The molecule has 162 valence electrons. The van der Waals surface area contributed by atoms with Gasteiger partial charge < -0.3 is 0 Å². The lowest BCUT2D eigenvalue weighted by Crippen LogP contribution is -2.38. The van der Waals surface area contributed by atoms with Crippen molar-refractivity contribution >= 4 is 34.7 Å². The van der Waals surface area contributed by atoms with Gasteiger partial charge in [-0.05, 0) is 65.4 Å². The van der Waals surface area contributed by atoms with Gasteiger partial charge in [-0.1, -0.05) is 71.5 Å². The largest absolute Gasteiger partial charge is 0.272 e. The first-order chi connectivity index (χ1) is 16.1. The smallest absolute Gasteiger partial charge is 0.271 e. The van der Waals surface area contributed by atoms with Crippen molar-refractivity contribution in [3.05, 3.63) is 131 Å². The van der Waals surface area contributed by atoms with Crippen LogP contribution in [0.2, 0.25) is 5.02 Å². The van der Waals surface area contributed by atoms with E-state index in [-0.39, 0.29) is 17.4 Å². The molecule has 1 aromatic heterocycles. The zero-order valence-corrected chi connectivity index (χ0v) is 19.0. The molecule has 1 atom stereocenters. The van der Waals surface area contributed by atoms with Crippen LogP contribution in [0.15, 0.2) is 88.2 Å². The van der Waals surface area contributed by atoms with Crippen molar-refractivity contribution < 1.29 is 4.39 Å². The number of fused-ring (bicyclic) bond motifs is 3. The van der Waals surface area contributed by atoms with Crippen molar-refractivity contribution in [3.8, 4) is 0 Å². The lowest BCUT2D eigenvalue weighted by Gasteiger charge is -2.30. The molecule has 2 heterocycles. The van der Waals surface area contributed by atoms with Crippen molar-refractivity contribution in [2.24, 2.45) is 4.99 Å². The topological polar surface area (TPSA) is 34.4 Å². The quantitative estimate of drug-likeness (QED) is 0.399. The summed E-state index contributed by atoms with van der Waals surface area (Å²) in [5, 5.41) is 0.649. The van der Waals surface area contributed by atoms with Gasteiger partial charge in [-0.15, -0.1) is 0 Å². The minimum absolute atomic E-state index is 0.0894. The molecule has 0 spiro atoms. The number of allylic oxidation sites excluding steroid dienone is 1. The number of halogens is 2. The van der Waals surface area contributed by atoms with E-state index < -0.39 is 0 Å². The zero-order valence-electron chi connectivity index (χ0n) is 17.5. The molecule has 0 bridgehead atoms. The maximum atomic E-state index is 13.7. The highest BCUT2D eigenvalue weighted by molar-refractivity contribution is 7.07. The molecule has 0 N–H and O–H groups in total. The molecule has 4 aromatic rings. The number of rotatable bonds is 2. The molecule has 1 aliphatic heterocycles. The summed E-state index contributed by atoms with van der Waals surface area (Å²) >= 11 is 7.39. The van der Waals surface area contributed by atoms with E-state index in [0.717, 1.165) is 40.8 Å². The van der Waals surface area contributed by atoms with Crippen LogP contribution in [0.5, 0.6) is 0 Å². The summed E-state index contributed by atoms with van der Waals surface area (Å²) in [5.41, 5.74) is 6.11. The maximum Gasteiger partial charge on any atom is 0.271 e. The SMILES string of the molecule is O=c1c(=Cc2ccc(Cl)cc2)sc2n1C(c1ccc(F)cc1)C1=C(N=2)c2ccccc2CC1. The van der Waals surface area contributed by atoms with Gasteiger partial charge in [0.25, 0.3) is 5.56 Å². The van der Waals surface area contributed by atoms with Crippen LogP contribution in [0.3, 0.4) is 0 Å². The molecule has 1 unspecified atom stereocenters. The normalized spacial score (nSPS) is 17.3. The Hall–Kier alpha value is -3.28. The lowest BCUT2D eigenvalue weighted by atomic mass is 9.83. The number of benzene rings is 3. The summed E-state index contributed by atoms with van der Waals surface area (Å²) in [6.07, 6.45) is 3.56. The fourth-order valence-corrected chi connectivity index (χ4v) is 5.80. The second-order valence-electron chi connectivity index (χ2n) is 8.22. The molecule has 3 nitrogen and oxygen atoms in total. The molecular formula is C27H18ClFN2OS. The highest BCUT2D eigenvalue weighted by Gasteiger charge is 2.32. The van der Waals surface area contributed by atoms with Crippen LogP contribution in [-0.4, -0.2) is 4.57 Å². The van der Waals surface area contributed by atoms with Crippen LogP contribution in [0.25, 0.3) is 11.8 Å². The van der Waals surface area contributed by atoms with Crippen molar-refractivity contribution in [2.75, 3.05) is 0 Å². The van der Waals surface area contributed by atoms with Crippen LogP contribution in [0, 0.1) is 5.82 Å². The molecular weight excluding hydrogens is 455 g/mol. The predicted octanol–water partition coefficient (Wildman–Crippen LogP) is 5.11. The molecule has 0 saturated carbocycles. The van der Waals surface area contributed by atoms with Crippen LogP contribution < -0.4 is 14.9 Å². The summed E-state index contributed by atoms with van der Waals surface area (Å²) in [4.78, 5) is 19.3. The molecule has 0 radical (unpaired) electrons. The van der Waals surface area contributed by atoms with E-state index >= 15 is 0 Å². The van der Waals surface area contributed by atoms with Crippen LogP contribution in [0.1, 0.15) is 34.7 Å². The van der Waals surface area contributed by atoms with Crippen LogP contribution in [-0.2, 0) is 6.42 Å². The van der Waals surface area contributed by atoms with E-state index in [2.05, 4.69) is 12.1 Å². The van der Waals surface area contributed by atoms with Crippen molar-refractivity contribution in [1.29, 1.82) is 0 Å². The fourth-order valence-electron chi connectivity index (χ4n) is 4.68. The van der Waals surface area contributed by atoms with Crippen LogP contribution in [0.4, 0.5) is 4.39 Å². The van der Waals surface area contributed by atoms with Gasteiger partial charge in [-0.3, -0.25) is 9.36 Å². The average Bonchev–Trinajstić information content (AvgIpc) is 3.14. The zero-order chi connectivity index (χ0) is 22.5. The molecule has 3 aromatic carbocycles. The number of aryl methyl sites for hydroxylation is 1. The third-order valence-electron chi connectivity index (χ3n) is 6.23. The summed E-state index contributed by atoms with van der Waals surface area (Å²) in [7, 11) is 0. The summed E-state index contributed by atoms with van der Waals surface area (Å²) in [6.45, 7) is 0. The predicted molar refractivity (Wildman–Crippen MR) is 131 cm³/mol. The maximum absolute atomic E-state index is 13.7. The van der Waals surface area contributed by atoms with Gasteiger partial charge in [0.05, 0.1) is 16.3 Å². The Labute approximate surface area is 198 Å². The molecule has 6 heteroatoms. The first kappa shape index (κ1) is 20.3. The summed E-state index contributed by atoms with van der Waals surface area (Å²) < 4.78 is 16.1. The minimum atomic E-state index is -0.308. The number of nitrogens with zero attached hydrogens (tertiary/aromatic N) is 2. The highest BCUT2D eigenvalue weighted by atomic mass is 35.5. The molecule has 6 rings (SSSR count). The van der Waals surface area contributed by atoms with Crippen molar-refractivity contribution in [2.45, 2.75) is 18.9 Å². The molecule has 0 fully saturated rings. The van der Waals surface area contributed by atoms with Gasteiger partial charge in [0.2, 0.25) is 0 Å². The van der Waals surface area contributed by atoms with Gasteiger partial charge in [0.15, 0.2) is 4.80 Å². The number of thiazole rings is 1. The third kappa shape index (κ3) is 3.48. The monoisotopic (exact) mass is 472 g/mol. The Morgan fingerprint density at radius 1 is 1.00 bits per heavy atom. The van der Waals surface area contributed by atoms with Crippen molar-refractivity contribution in [1.82, 2.24) is 4.57 Å². The molecule has 2 aliphatic rings. The molecule has 0 saturated heterocycles. The first-order valence-corrected chi connectivity index (χ1v) is 11.9. The van der Waals surface area contributed by atoms with Crippen LogP contribution >= 0.6 is 22.9 Å². The molecule has 1 aliphatic carbocycles. The lowest BCUT2D eigenvalue weighted by molar-refractivity contribution is 0.581. The Morgan fingerprint density at radius 3 is 2.55 bits per heavy atom. The van der Waals surface area contributed by atoms with E-state index in [0.29, 0.717) is 14.4 Å². The Balaban J connectivity index is 1.62. The fraction of sp³-hybridized carbons (Fsp3) is 0.111.